The Bertz CT molecular complexity index is 305. The van der Waals surface area contributed by atoms with E-state index >= 15 is 0 Å². The standard InChI is InChI=1S/C9H10BrClN2/c10-7-4-2-1-3-6(7)9-8(11)5-12-13-9/h1-4,8-9,12-13H,5H2. The molecular weight excluding hydrogens is 251 g/mol. The number of hydrogen-bond donors (Lipinski definition) is 2. The molecular formula is C9H10BrClN2. The maximum Gasteiger partial charge on any atom is 0.0682 e. The summed E-state index contributed by atoms with van der Waals surface area (Å²) in [5.41, 5.74) is 7.40. The second-order valence-electron chi connectivity index (χ2n) is 3.04. The van der Waals surface area contributed by atoms with Crippen LogP contribution in [0.25, 0.3) is 0 Å². The first-order chi connectivity index (χ1) is 6.29. The van der Waals surface area contributed by atoms with Crippen LogP contribution in [0.2, 0.25) is 0 Å². The summed E-state index contributed by atoms with van der Waals surface area (Å²) in [7, 11) is 0. The van der Waals surface area contributed by atoms with E-state index in [1.54, 1.807) is 0 Å². The normalized spacial score (nSPS) is 27.8. The third-order valence-corrected chi connectivity index (χ3v) is 3.29. The number of nitrogens with one attached hydrogen (secondary N) is 2. The first-order valence-corrected chi connectivity index (χ1v) is 5.39. The molecule has 2 rings (SSSR count). The van der Waals surface area contributed by atoms with Gasteiger partial charge in [-0.3, -0.25) is 5.43 Å². The lowest BCUT2D eigenvalue weighted by atomic mass is 10.1. The van der Waals surface area contributed by atoms with Crippen LogP contribution in [0, 0.1) is 0 Å². The van der Waals surface area contributed by atoms with Gasteiger partial charge in [-0.05, 0) is 11.6 Å². The topological polar surface area (TPSA) is 24.1 Å². The number of benzene rings is 1. The molecule has 0 aromatic heterocycles. The molecule has 0 saturated carbocycles. The zero-order chi connectivity index (χ0) is 9.26. The van der Waals surface area contributed by atoms with Crippen molar-refractivity contribution in [2.45, 2.75) is 11.4 Å². The predicted molar refractivity (Wildman–Crippen MR) is 57.7 cm³/mol. The Balaban J connectivity index is 2.29. The molecule has 1 saturated heterocycles. The minimum absolute atomic E-state index is 0.110. The number of halogens is 2. The summed E-state index contributed by atoms with van der Waals surface area (Å²) < 4.78 is 1.10. The predicted octanol–water partition coefficient (Wildman–Crippen LogP) is 2.21. The van der Waals surface area contributed by atoms with E-state index in [1.807, 2.05) is 18.2 Å². The molecule has 2 unspecified atom stereocenters. The summed E-state index contributed by atoms with van der Waals surface area (Å²) in [6, 6.07) is 8.31. The zero-order valence-corrected chi connectivity index (χ0v) is 9.27. The van der Waals surface area contributed by atoms with Gasteiger partial charge in [0.15, 0.2) is 0 Å². The van der Waals surface area contributed by atoms with E-state index in [0.717, 1.165) is 11.0 Å². The number of alkyl halides is 1. The number of rotatable bonds is 1. The van der Waals surface area contributed by atoms with E-state index in [2.05, 4.69) is 32.8 Å². The highest BCUT2D eigenvalue weighted by atomic mass is 79.9. The lowest BCUT2D eigenvalue weighted by Gasteiger charge is -2.14. The largest absolute Gasteiger partial charge is 0.256 e. The van der Waals surface area contributed by atoms with E-state index in [-0.39, 0.29) is 11.4 Å². The molecule has 2 atom stereocenters. The van der Waals surface area contributed by atoms with Gasteiger partial charge in [0.1, 0.15) is 0 Å². The fourth-order valence-electron chi connectivity index (χ4n) is 1.47. The Morgan fingerprint density at radius 3 is 2.77 bits per heavy atom. The minimum atomic E-state index is 0.110. The van der Waals surface area contributed by atoms with Crippen LogP contribution in [-0.4, -0.2) is 11.9 Å². The summed E-state index contributed by atoms with van der Waals surface area (Å²) in [5, 5.41) is 0.110. The molecule has 2 N–H and O–H groups in total. The number of hydrogen-bond acceptors (Lipinski definition) is 2. The van der Waals surface area contributed by atoms with Crippen molar-refractivity contribution in [2.75, 3.05) is 6.54 Å². The van der Waals surface area contributed by atoms with Crippen LogP contribution in [-0.2, 0) is 0 Å². The average Bonchev–Trinajstić information content (AvgIpc) is 2.52. The molecule has 1 fully saturated rings. The maximum atomic E-state index is 6.14. The van der Waals surface area contributed by atoms with Gasteiger partial charge in [-0.25, -0.2) is 5.43 Å². The van der Waals surface area contributed by atoms with Crippen LogP contribution in [0.1, 0.15) is 11.6 Å². The zero-order valence-electron chi connectivity index (χ0n) is 6.93. The molecule has 70 valence electrons. The number of hydrazine groups is 1. The van der Waals surface area contributed by atoms with Crippen molar-refractivity contribution in [3.8, 4) is 0 Å². The monoisotopic (exact) mass is 260 g/mol. The van der Waals surface area contributed by atoms with Gasteiger partial charge in [-0.15, -0.1) is 11.6 Å². The summed E-state index contributed by atoms with van der Waals surface area (Å²) in [5.74, 6) is 0. The van der Waals surface area contributed by atoms with Gasteiger partial charge < -0.3 is 0 Å². The Morgan fingerprint density at radius 1 is 1.38 bits per heavy atom. The van der Waals surface area contributed by atoms with E-state index in [4.69, 9.17) is 11.6 Å². The molecule has 1 aliphatic rings. The van der Waals surface area contributed by atoms with Crippen LogP contribution in [0.3, 0.4) is 0 Å². The molecule has 2 nitrogen and oxygen atoms in total. The molecule has 1 aliphatic heterocycles. The highest BCUT2D eigenvalue weighted by Gasteiger charge is 2.27. The summed E-state index contributed by atoms with van der Waals surface area (Å²) in [4.78, 5) is 0. The highest BCUT2D eigenvalue weighted by molar-refractivity contribution is 9.10. The first-order valence-electron chi connectivity index (χ1n) is 4.16. The molecule has 1 heterocycles. The maximum absolute atomic E-state index is 6.14. The van der Waals surface area contributed by atoms with Crippen LogP contribution in [0.5, 0.6) is 0 Å². The van der Waals surface area contributed by atoms with Crippen molar-refractivity contribution in [2.24, 2.45) is 0 Å². The van der Waals surface area contributed by atoms with Crippen LogP contribution < -0.4 is 10.9 Å². The molecule has 0 aliphatic carbocycles. The van der Waals surface area contributed by atoms with Crippen molar-refractivity contribution >= 4 is 27.5 Å². The Labute approximate surface area is 90.8 Å². The lowest BCUT2D eigenvalue weighted by molar-refractivity contribution is 0.581. The van der Waals surface area contributed by atoms with Crippen LogP contribution >= 0.6 is 27.5 Å². The molecule has 0 bridgehead atoms. The molecule has 4 heteroatoms. The van der Waals surface area contributed by atoms with Crippen molar-refractivity contribution in [1.82, 2.24) is 10.9 Å². The van der Waals surface area contributed by atoms with E-state index in [1.165, 1.54) is 5.56 Å². The molecule has 0 amide bonds. The molecule has 13 heavy (non-hydrogen) atoms. The quantitative estimate of drug-likeness (QED) is 0.758. The second kappa shape index (κ2) is 3.96. The third-order valence-electron chi connectivity index (χ3n) is 2.16. The SMILES string of the molecule is ClC1CNNC1c1ccccc1Br. The Morgan fingerprint density at radius 2 is 2.15 bits per heavy atom. The molecule has 0 radical (unpaired) electrons. The smallest absolute Gasteiger partial charge is 0.0682 e. The van der Waals surface area contributed by atoms with Gasteiger partial charge in [0, 0.05) is 11.0 Å². The van der Waals surface area contributed by atoms with Gasteiger partial charge >= 0.3 is 0 Å². The van der Waals surface area contributed by atoms with Crippen molar-refractivity contribution < 1.29 is 0 Å². The Hall–Kier alpha value is -0.0900. The average molecular weight is 262 g/mol. The third kappa shape index (κ3) is 1.89. The van der Waals surface area contributed by atoms with Gasteiger partial charge in [-0.2, -0.15) is 0 Å². The first kappa shape index (κ1) is 9.46. The van der Waals surface area contributed by atoms with Crippen molar-refractivity contribution in [3.05, 3.63) is 34.3 Å². The Kier molecular flexibility index (Phi) is 2.89. The fourth-order valence-corrected chi connectivity index (χ4v) is 2.28. The van der Waals surface area contributed by atoms with E-state index in [0.29, 0.717) is 0 Å². The van der Waals surface area contributed by atoms with Crippen molar-refractivity contribution in [3.63, 3.8) is 0 Å². The summed E-state index contributed by atoms with van der Waals surface area (Å²) >= 11 is 9.65. The fraction of sp³-hybridized carbons (Fsp3) is 0.333. The molecule has 1 aromatic carbocycles. The second-order valence-corrected chi connectivity index (χ2v) is 4.46. The van der Waals surface area contributed by atoms with E-state index in [9.17, 15) is 0 Å². The highest BCUT2D eigenvalue weighted by Crippen LogP contribution is 2.29. The van der Waals surface area contributed by atoms with Gasteiger partial charge in [0.25, 0.3) is 0 Å². The van der Waals surface area contributed by atoms with Crippen molar-refractivity contribution in [1.29, 1.82) is 0 Å². The van der Waals surface area contributed by atoms with Crippen LogP contribution in [0.15, 0.2) is 28.7 Å². The van der Waals surface area contributed by atoms with E-state index < -0.39 is 0 Å². The molecule has 1 aromatic rings. The summed E-state index contributed by atoms with van der Waals surface area (Å²) in [6.07, 6.45) is 0. The molecule has 0 spiro atoms. The van der Waals surface area contributed by atoms with Crippen LogP contribution in [0.4, 0.5) is 0 Å². The van der Waals surface area contributed by atoms with Gasteiger partial charge in [0.2, 0.25) is 0 Å². The summed E-state index contributed by atoms with van der Waals surface area (Å²) in [6.45, 7) is 0.799. The van der Waals surface area contributed by atoms with Gasteiger partial charge in [0.05, 0.1) is 11.4 Å². The minimum Gasteiger partial charge on any atom is -0.256 e. The lowest BCUT2D eigenvalue weighted by Crippen LogP contribution is -2.25. The van der Waals surface area contributed by atoms with Gasteiger partial charge in [-0.1, -0.05) is 34.1 Å².